The molecule has 8 nitrogen and oxygen atoms in total. The highest BCUT2D eigenvalue weighted by Crippen LogP contribution is 2.52. The Kier molecular flexibility index (Phi) is 5.86. The second-order valence-corrected chi connectivity index (χ2v) is 9.13. The van der Waals surface area contributed by atoms with Crippen molar-refractivity contribution in [2.45, 2.75) is 50.9 Å². The predicted molar refractivity (Wildman–Crippen MR) is 108 cm³/mol. The van der Waals surface area contributed by atoms with Crippen molar-refractivity contribution in [1.82, 2.24) is 5.32 Å². The minimum absolute atomic E-state index is 0.153. The van der Waals surface area contributed by atoms with E-state index in [-0.39, 0.29) is 23.3 Å². The van der Waals surface area contributed by atoms with Crippen molar-refractivity contribution in [3.8, 4) is 0 Å². The molecule has 0 unspecified atom stereocenters. The number of benzene rings is 1. The van der Waals surface area contributed by atoms with Gasteiger partial charge in [0.15, 0.2) is 5.17 Å². The van der Waals surface area contributed by atoms with Crippen LogP contribution in [-0.4, -0.2) is 40.8 Å². The maximum Gasteiger partial charge on any atom is 0.413 e. The number of nitrogens with zero attached hydrogens (tertiary/aromatic N) is 2. The molecule has 2 aliphatic rings. The second kappa shape index (κ2) is 7.91. The molecule has 1 aliphatic heterocycles. The number of alkyl carbamates (subject to hydrolysis) is 1. The van der Waals surface area contributed by atoms with Gasteiger partial charge >= 0.3 is 6.09 Å². The molecule has 1 heterocycles. The molecule has 1 aliphatic carbocycles. The standard InChI is InChI=1S/C19H24FN3O5S/c1-18(2,3)28-17(24)21-16-22-19(8-7-15(27-4)13(19)10-29-16)12-9-11(23(25)26)5-6-14(12)20/h5-6,9,13,15H,7-8,10H2,1-4H3,(H,21,22,24)/t13-,15-,19-/m1/s1. The number of ether oxygens (including phenoxy) is 2. The molecule has 1 saturated carbocycles. The molecule has 29 heavy (non-hydrogen) atoms. The SMILES string of the molecule is CO[C@@H]1CC[C@]2(c3cc([N+](=O)[O-])ccc3F)N=C(NC(=O)OC(C)(C)C)SC[C@H]12. The van der Waals surface area contributed by atoms with Gasteiger partial charge in [-0.3, -0.25) is 20.4 Å². The third kappa shape index (κ3) is 4.37. The number of thioether (sulfide) groups is 1. The summed E-state index contributed by atoms with van der Waals surface area (Å²) in [7, 11) is 1.59. The summed E-state index contributed by atoms with van der Waals surface area (Å²) in [5.41, 5.74) is -1.78. The van der Waals surface area contributed by atoms with Crippen LogP contribution >= 0.6 is 11.8 Å². The van der Waals surface area contributed by atoms with Crippen molar-refractivity contribution in [2.75, 3.05) is 12.9 Å². The van der Waals surface area contributed by atoms with Crippen LogP contribution in [0.5, 0.6) is 0 Å². The number of halogens is 1. The molecule has 0 spiro atoms. The summed E-state index contributed by atoms with van der Waals surface area (Å²) in [6.07, 6.45) is 0.271. The van der Waals surface area contributed by atoms with Crippen molar-refractivity contribution < 1.29 is 23.6 Å². The number of amides is 1. The molecule has 0 radical (unpaired) electrons. The first-order valence-corrected chi connectivity index (χ1v) is 10.2. The summed E-state index contributed by atoms with van der Waals surface area (Å²) < 4.78 is 25.7. The third-order valence-corrected chi connectivity index (χ3v) is 6.10. The minimum Gasteiger partial charge on any atom is -0.444 e. The van der Waals surface area contributed by atoms with E-state index in [4.69, 9.17) is 14.5 Å². The van der Waals surface area contributed by atoms with Crippen molar-refractivity contribution in [2.24, 2.45) is 10.9 Å². The number of rotatable bonds is 3. The van der Waals surface area contributed by atoms with Crippen LogP contribution in [0.25, 0.3) is 0 Å². The van der Waals surface area contributed by atoms with Crippen molar-refractivity contribution >= 4 is 28.7 Å². The van der Waals surface area contributed by atoms with E-state index < -0.39 is 28.0 Å². The third-order valence-electron chi connectivity index (χ3n) is 5.11. The number of carbonyl (C=O) groups excluding carboxylic acids is 1. The highest BCUT2D eigenvalue weighted by atomic mass is 32.2. The first-order valence-electron chi connectivity index (χ1n) is 9.25. The Morgan fingerprint density at radius 1 is 1.45 bits per heavy atom. The van der Waals surface area contributed by atoms with Gasteiger partial charge in [-0.05, 0) is 39.7 Å². The van der Waals surface area contributed by atoms with Gasteiger partial charge in [0.2, 0.25) is 0 Å². The Morgan fingerprint density at radius 2 is 2.17 bits per heavy atom. The molecule has 1 aromatic carbocycles. The number of nitro groups is 1. The van der Waals surface area contributed by atoms with Crippen LogP contribution in [0.4, 0.5) is 14.9 Å². The van der Waals surface area contributed by atoms with Crippen LogP contribution < -0.4 is 5.32 Å². The van der Waals surface area contributed by atoms with Crippen LogP contribution in [0.3, 0.4) is 0 Å². The Balaban J connectivity index is 2.02. The fraction of sp³-hybridized carbons (Fsp3) is 0.579. The molecule has 158 valence electrons. The smallest absolute Gasteiger partial charge is 0.413 e. The number of hydrogen-bond acceptors (Lipinski definition) is 7. The summed E-state index contributed by atoms with van der Waals surface area (Å²) in [5, 5.41) is 14.2. The zero-order valence-corrected chi connectivity index (χ0v) is 17.5. The van der Waals surface area contributed by atoms with Crippen LogP contribution in [0.2, 0.25) is 0 Å². The summed E-state index contributed by atoms with van der Waals surface area (Å²) in [5.74, 6) is -0.224. The van der Waals surface area contributed by atoms with Gasteiger partial charge in [-0.25, -0.2) is 9.18 Å². The average molecular weight is 425 g/mol. The van der Waals surface area contributed by atoms with Gasteiger partial charge in [-0.1, -0.05) is 11.8 Å². The van der Waals surface area contributed by atoms with E-state index in [1.807, 2.05) is 0 Å². The highest BCUT2D eigenvalue weighted by Gasteiger charge is 2.53. The number of aliphatic imine (C=N–C) groups is 1. The summed E-state index contributed by atoms with van der Waals surface area (Å²) in [6, 6.07) is 3.47. The lowest BCUT2D eigenvalue weighted by atomic mass is 9.80. The fourth-order valence-electron chi connectivity index (χ4n) is 3.91. The summed E-state index contributed by atoms with van der Waals surface area (Å²) in [6.45, 7) is 5.25. The lowest BCUT2D eigenvalue weighted by molar-refractivity contribution is -0.385. The lowest BCUT2D eigenvalue weighted by Crippen LogP contribution is -2.44. The van der Waals surface area contributed by atoms with Crippen molar-refractivity contribution in [1.29, 1.82) is 0 Å². The van der Waals surface area contributed by atoms with Crippen molar-refractivity contribution in [3.63, 3.8) is 0 Å². The van der Waals surface area contributed by atoms with Crippen LogP contribution in [0.1, 0.15) is 39.2 Å². The molecule has 1 aromatic rings. The Bertz CT molecular complexity index is 857. The van der Waals surface area contributed by atoms with Gasteiger partial charge in [-0.15, -0.1) is 0 Å². The van der Waals surface area contributed by atoms with Gasteiger partial charge in [0.05, 0.1) is 16.6 Å². The topological polar surface area (TPSA) is 103 Å². The number of carbonyl (C=O) groups is 1. The number of fused-ring (bicyclic) bond motifs is 1. The molecule has 1 fully saturated rings. The molecule has 0 aromatic heterocycles. The van der Waals surface area contributed by atoms with Crippen LogP contribution in [0.15, 0.2) is 23.2 Å². The maximum atomic E-state index is 14.8. The quantitative estimate of drug-likeness (QED) is 0.580. The number of amidine groups is 1. The number of hydrogen-bond donors (Lipinski definition) is 1. The zero-order valence-electron chi connectivity index (χ0n) is 16.7. The summed E-state index contributed by atoms with van der Waals surface area (Å²) >= 11 is 1.32. The van der Waals surface area contributed by atoms with Gasteiger partial charge in [0.1, 0.15) is 11.4 Å². The first-order chi connectivity index (χ1) is 13.6. The van der Waals surface area contributed by atoms with E-state index in [1.54, 1.807) is 27.9 Å². The van der Waals surface area contributed by atoms with Gasteiger partial charge in [0.25, 0.3) is 5.69 Å². The number of methoxy groups -OCH3 is 1. The van der Waals surface area contributed by atoms with E-state index in [9.17, 15) is 19.3 Å². The molecule has 0 bridgehead atoms. The molecular formula is C19H24FN3O5S. The molecule has 10 heteroatoms. The Hall–Kier alpha value is -2.20. The first kappa shape index (κ1) is 21.5. The van der Waals surface area contributed by atoms with E-state index >= 15 is 0 Å². The average Bonchev–Trinajstić information content (AvgIpc) is 2.98. The molecule has 3 rings (SSSR count). The van der Waals surface area contributed by atoms with E-state index in [0.29, 0.717) is 23.8 Å². The predicted octanol–water partition coefficient (Wildman–Crippen LogP) is 3.98. The molecule has 0 saturated heterocycles. The fourth-order valence-corrected chi connectivity index (χ4v) is 5.12. The van der Waals surface area contributed by atoms with Crippen LogP contribution in [0, 0.1) is 21.8 Å². The number of non-ortho nitro benzene ring substituents is 1. The minimum atomic E-state index is -1.05. The monoisotopic (exact) mass is 425 g/mol. The van der Waals surface area contributed by atoms with E-state index in [2.05, 4.69) is 5.32 Å². The molecule has 1 N–H and O–H groups in total. The van der Waals surface area contributed by atoms with Crippen molar-refractivity contribution in [3.05, 3.63) is 39.7 Å². The summed E-state index contributed by atoms with van der Waals surface area (Å²) in [4.78, 5) is 27.6. The van der Waals surface area contributed by atoms with E-state index in [0.717, 1.165) is 12.1 Å². The second-order valence-electron chi connectivity index (χ2n) is 8.12. The van der Waals surface area contributed by atoms with E-state index in [1.165, 1.54) is 17.8 Å². The zero-order chi connectivity index (χ0) is 21.4. The van der Waals surface area contributed by atoms with Crippen LogP contribution in [-0.2, 0) is 15.0 Å². The molecular weight excluding hydrogens is 401 g/mol. The maximum absolute atomic E-state index is 14.8. The highest BCUT2D eigenvalue weighted by molar-refractivity contribution is 8.13. The molecule has 3 atom stereocenters. The molecule has 1 amide bonds. The lowest BCUT2D eigenvalue weighted by Gasteiger charge is -2.38. The Morgan fingerprint density at radius 3 is 2.79 bits per heavy atom. The number of nitrogens with one attached hydrogen (secondary N) is 1. The van der Waals surface area contributed by atoms with Gasteiger partial charge < -0.3 is 9.47 Å². The number of nitro benzene ring substituents is 1. The normalized spacial score (nSPS) is 26.4. The van der Waals surface area contributed by atoms with Gasteiger partial charge in [-0.2, -0.15) is 0 Å². The Labute approximate surface area is 172 Å². The largest absolute Gasteiger partial charge is 0.444 e. The van der Waals surface area contributed by atoms with Gasteiger partial charge in [0, 0.05) is 36.5 Å².